The Balaban J connectivity index is 1.90. The lowest BCUT2D eigenvalue weighted by Crippen LogP contribution is -2.33. The van der Waals surface area contributed by atoms with E-state index in [1.54, 1.807) is 6.07 Å². The average molecular weight is 277 g/mol. The molecule has 1 aromatic carbocycles. The summed E-state index contributed by atoms with van der Waals surface area (Å²) in [5.41, 5.74) is 2.68. The monoisotopic (exact) mass is 277 g/mol. The van der Waals surface area contributed by atoms with Gasteiger partial charge in [0.2, 0.25) is 0 Å². The van der Waals surface area contributed by atoms with Crippen LogP contribution < -0.4 is 5.32 Å². The number of amides is 1. The van der Waals surface area contributed by atoms with Crippen LogP contribution in [0, 0.1) is 13.8 Å². The van der Waals surface area contributed by atoms with Gasteiger partial charge in [0.1, 0.15) is 0 Å². The summed E-state index contributed by atoms with van der Waals surface area (Å²) in [5.74, 6) is -1.08. The minimum atomic E-state index is -0.937. The summed E-state index contributed by atoms with van der Waals surface area (Å²) in [6, 6.07) is 5.60. The minimum absolute atomic E-state index is 0.145. The molecule has 1 fully saturated rings. The molecule has 1 aliphatic rings. The van der Waals surface area contributed by atoms with E-state index in [1.165, 1.54) is 0 Å². The van der Waals surface area contributed by atoms with Gasteiger partial charge in [0.05, 0.1) is 6.10 Å². The van der Waals surface area contributed by atoms with Gasteiger partial charge in [-0.15, -0.1) is 0 Å². The number of hydrogen-bond acceptors (Lipinski definition) is 3. The van der Waals surface area contributed by atoms with E-state index in [9.17, 15) is 9.59 Å². The van der Waals surface area contributed by atoms with Crippen LogP contribution in [0.15, 0.2) is 18.2 Å². The SMILES string of the molecule is Cc1cccc(C(=O)NCC2CCC(C(=O)O)O2)c1C. The van der Waals surface area contributed by atoms with Crippen molar-refractivity contribution in [3.8, 4) is 0 Å². The van der Waals surface area contributed by atoms with E-state index in [0.29, 0.717) is 24.9 Å². The molecule has 0 spiro atoms. The van der Waals surface area contributed by atoms with Crippen molar-refractivity contribution in [2.75, 3.05) is 6.54 Å². The molecule has 1 aliphatic heterocycles. The van der Waals surface area contributed by atoms with Crippen LogP contribution in [0.25, 0.3) is 0 Å². The number of aliphatic carboxylic acids is 1. The first-order valence-electron chi connectivity index (χ1n) is 6.71. The fraction of sp³-hybridized carbons (Fsp3) is 0.467. The highest BCUT2D eigenvalue weighted by molar-refractivity contribution is 5.95. The molecule has 5 nitrogen and oxygen atoms in total. The first-order valence-corrected chi connectivity index (χ1v) is 6.71. The first-order chi connectivity index (χ1) is 9.49. The third-order valence-electron chi connectivity index (χ3n) is 3.72. The summed E-state index contributed by atoms with van der Waals surface area (Å²) in [4.78, 5) is 22.9. The van der Waals surface area contributed by atoms with Gasteiger partial charge in [-0.25, -0.2) is 4.79 Å². The lowest BCUT2D eigenvalue weighted by Gasteiger charge is -2.13. The molecule has 0 saturated carbocycles. The number of carboxylic acids is 1. The van der Waals surface area contributed by atoms with Crippen molar-refractivity contribution in [1.82, 2.24) is 5.32 Å². The fourth-order valence-corrected chi connectivity index (χ4v) is 2.34. The zero-order valence-electron chi connectivity index (χ0n) is 11.7. The van der Waals surface area contributed by atoms with Crippen LogP contribution in [-0.4, -0.2) is 35.7 Å². The number of carboxylic acid groups (broad SMARTS) is 1. The van der Waals surface area contributed by atoms with Gasteiger partial charge in [-0.2, -0.15) is 0 Å². The van der Waals surface area contributed by atoms with Crippen molar-refractivity contribution in [1.29, 1.82) is 0 Å². The number of carbonyl (C=O) groups is 2. The molecule has 0 aliphatic carbocycles. The van der Waals surface area contributed by atoms with Crippen LogP contribution in [-0.2, 0) is 9.53 Å². The Morgan fingerprint density at radius 2 is 2.10 bits per heavy atom. The number of hydrogen-bond donors (Lipinski definition) is 2. The molecule has 1 heterocycles. The number of nitrogens with one attached hydrogen (secondary N) is 1. The molecule has 1 aromatic rings. The molecule has 5 heteroatoms. The zero-order valence-corrected chi connectivity index (χ0v) is 11.7. The molecule has 2 atom stereocenters. The van der Waals surface area contributed by atoms with Gasteiger partial charge in [-0.05, 0) is 43.9 Å². The molecule has 20 heavy (non-hydrogen) atoms. The number of benzene rings is 1. The highest BCUT2D eigenvalue weighted by atomic mass is 16.5. The van der Waals surface area contributed by atoms with E-state index < -0.39 is 12.1 Å². The quantitative estimate of drug-likeness (QED) is 0.877. The molecule has 1 amide bonds. The summed E-state index contributed by atoms with van der Waals surface area (Å²) in [5, 5.41) is 11.7. The fourth-order valence-electron chi connectivity index (χ4n) is 2.34. The average Bonchev–Trinajstić information content (AvgIpc) is 2.88. The molecule has 0 bridgehead atoms. The second-order valence-electron chi connectivity index (χ2n) is 5.12. The topological polar surface area (TPSA) is 75.6 Å². The normalized spacial score (nSPS) is 21.7. The van der Waals surface area contributed by atoms with Crippen LogP contribution in [0.4, 0.5) is 0 Å². The van der Waals surface area contributed by atoms with Gasteiger partial charge in [-0.1, -0.05) is 12.1 Å². The molecular formula is C15H19NO4. The van der Waals surface area contributed by atoms with E-state index >= 15 is 0 Å². The predicted octanol–water partition coefficient (Wildman–Crippen LogP) is 1.67. The maximum Gasteiger partial charge on any atom is 0.332 e. The summed E-state index contributed by atoms with van der Waals surface area (Å²) >= 11 is 0. The van der Waals surface area contributed by atoms with Crippen molar-refractivity contribution in [2.24, 2.45) is 0 Å². The third-order valence-corrected chi connectivity index (χ3v) is 3.72. The lowest BCUT2D eigenvalue weighted by atomic mass is 10.0. The van der Waals surface area contributed by atoms with Crippen LogP contribution in [0.5, 0.6) is 0 Å². The highest BCUT2D eigenvalue weighted by Gasteiger charge is 2.30. The molecular weight excluding hydrogens is 258 g/mol. The Morgan fingerprint density at radius 3 is 2.75 bits per heavy atom. The molecule has 0 radical (unpaired) electrons. The van der Waals surface area contributed by atoms with E-state index in [0.717, 1.165) is 11.1 Å². The van der Waals surface area contributed by atoms with Gasteiger partial charge in [0.25, 0.3) is 5.91 Å². The highest BCUT2D eigenvalue weighted by Crippen LogP contribution is 2.19. The van der Waals surface area contributed by atoms with Gasteiger partial charge in [0.15, 0.2) is 6.10 Å². The van der Waals surface area contributed by atoms with Crippen LogP contribution in [0.1, 0.15) is 34.3 Å². The Labute approximate surface area is 117 Å². The van der Waals surface area contributed by atoms with Gasteiger partial charge < -0.3 is 15.2 Å². The molecule has 2 unspecified atom stereocenters. The molecule has 2 N–H and O–H groups in total. The Hall–Kier alpha value is -1.88. The maximum absolute atomic E-state index is 12.1. The van der Waals surface area contributed by atoms with Crippen molar-refractivity contribution < 1.29 is 19.4 Å². The van der Waals surface area contributed by atoms with Crippen molar-refractivity contribution >= 4 is 11.9 Å². The molecule has 1 saturated heterocycles. The number of aryl methyl sites for hydroxylation is 1. The number of rotatable bonds is 4. The Bertz CT molecular complexity index is 527. The smallest absolute Gasteiger partial charge is 0.332 e. The number of ether oxygens (including phenoxy) is 1. The van der Waals surface area contributed by atoms with Gasteiger partial charge in [-0.3, -0.25) is 4.79 Å². The van der Waals surface area contributed by atoms with Crippen LogP contribution in [0.2, 0.25) is 0 Å². The Morgan fingerprint density at radius 1 is 1.35 bits per heavy atom. The standard InChI is InChI=1S/C15H19NO4/c1-9-4-3-5-12(10(9)2)14(17)16-8-11-6-7-13(20-11)15(18)19/h3-5,11,13H,6-8H2,1-2H3,(H,16,17)(H,18,19). The van der Waals surface area contributed by atoms with Crippen molar-refractivity contribution in [3.05, 3.63) is 34.9 Å². The van der Waals surface area contributed by atoms with Crippen molar-refractivity contribution in [3.63, 3.8) is 0 Å². The Kier molecular flexibility index (Phi) is 4.39. The van der Waals surface area contributed by atoms with Crippen molar-refractivity contribution in [2.45, 2.75) is 38.9 Å². The predicted molar refractivity (Wildman–Crippen MR) is 73.8 cm³/mol. The van der Waals surface area contributed by atoms with Crippen LogP contribution >= 0.6 is 0 Å². The minimum Gasteiger partial charge on any atom is -0.479 e. The first kappa shape index (κ1) is 14.5. The summed E-state index contributed by atoms with van der Waals surface area (Å²) < 4.78 is 5.35. The molecule has 2 rings (SSSR count). The van der Waals surface area contributed by atoms with Crippen LogP contribution in [0.3, 0.4) is 0 Å². The van der Waals surface area contributed by atoms with E-state index in [-0.39, 0.29) is 12.0 Å². The van der Waals surface area contributed by atoms with E-state index in [1.807, 2.05) is 26.0 Å². The third kappa shape index (κ3) is 3.17. The lowest BCUT2D eigenvalue weighted by molar-refractivity contribution is -0.149. The number of carbonyl (C=O) groups excluding carboxylic acids is 1. The second kappa shape index (κ2) is 6.05. The van der Waals surface area contributed by atoms with E-state index in [2.05, 4.69) is 5.32 Å². The van der Waals surface area contributed by atoms with E-state index in [4.69, 9.17) is 9.84 Å². The maximum atomic E-state index is 12.1. The second-order valence-corrected chi connectivity index (χ2v) is 5.12. The molecule has 108 valence electrons. The summed E-state index contributed by atoms with van der Waals surface area (Å²) in [6.07, 6.45) is 0.200. The molecule has 0 aromatic heterocycles. The van der Waals surface area contributed by atoms with Gasteiger partial charge >= 0.3 is 5.97 Å². The van der Waals surface area contributed by atoms with Gasteiger partial charge in [0, 0.05) is 12.1 Å². The largest absolute Gasteiger partial charge is 0.479 e. The summed E-state index contributed by atoms with van der Waals surface area (Å²) in [6.45, 7) is 4.22. The zero-order chi connectivity index (χ0) is 14.7. The summed E-state index contributed by atoms with van der Waals surface area (Å²) in [7, 11) is 0.